The van der Waals surface area contributed by atoms with Gasteiger partial charge in [-0.25, -0.2) is 4.39 Å². The van der Waals surface area contributed by atoms with E-state index in [0.29, 0.717) is 9.58 Å². The molecule has 2 aromatic heterocycles. The Kier molecular flexibility index (Phi) is 4.93. The van der Waals surface area contributed by atoms with Crippen LogP contribution in [-0.2, 0) is 16.1 Å². The normalized spacial score (nSPS) is 11.9. The topological polar surface area (TPSA) is 60.7 Å². The molecular weight excluding hydrogens is 419 g/mol. The number of thiophene rings is 1. The van der Waals surface area contributed by atoms with E-state index < -0.39 is 17.7 Å². The molecule has 5 nitrogen and oxygen atoms in total. The molecule has 0 aliphatic heterocycles. The largest absolute Gasteiger partial charge is 0.468 e. The second-order valence-electron chi connectivity index (χ2n) is 4.65. The Morgan fingerprint density at radius 2 is 2.08 bits per heavy atom. The molecule has 1 aromatic carbocycles. The minimum absolute atomic E-state index is 0.225. The summed E-state index contributed by atoms with van der Waals surface area (Å²) in [6, 6.07) is 7.98. The zero-order chi connectivity index (χ0) is 17.3. The van der Waals surface area contributed by atoms with E-state index in [-0.39, 0.29) is 16.9 Å². The summed E-state index contributed by atoms with van der Waals surface area (Å²) < 4.78 is 21.6. The number of methoxy groups -OCH3 is 1. The van der Waals surface area contributed by atoms with E-state index in [0.717, 1.165) is 15.1 Å². The van der Waals surface area contributed by atoms with Crippen LogP contribution in [0.4, 0.5) is 4.39 Å². The molecule has 24 heavy (non-hydrogen) atoms. The van der Waals surface area contributed by atoms with Crippen molar-refractivity contribution in [3.05, 3.63) is 49.6 Å². The van der Waals surface area contributed by atoms with E-state index in [1.807, 2.05) is 0 Å². The molecule has 0 saturated carbocycles. The molecule has 0 spiro atoms. The zero-order valence-electron chi connectivity index (χ0n) is 12.3. The van der Waals surface area contributed by atoms with Crippen LogP contribution in [0.1, 0.15) is 9.67 Å². The highest BCUT2D eigenvalue weighted by Gasteiger charge is 2.15. The number of halogens is 2. The van der Waals surface area contributed by atoms with Crippen LogP contribution in [0, 0.1) is 5.82 Å². The molecule has 3 rings (SSSR count). The van der Waals surface area contributed by atoms with E-state index in [2.05, 4.69) is 25.7 Å². The summed E-state index contributed by atoms with van der Waals surface area (Å²) in [5, 5.41) is 0. The summed E-state index contributed by atoms with van der Waals surface area (Å²) in [6.45, 7) is -0.225. The smallest absolute Gasteiger partial charge is 0.325 e. The van der Waals surface area contributed by atoms with Gasteiger partial charge in [-0.1, -0.05) is 17.4 Å². The quantitative estimate of drug-likeness (QED) is 0.598. The average molecular weight is 429 g/mol. The minimum atomic E-state index is -0.550. The number of esters is 1. The number of aromatic nitrogens is 1. The number of carbonyl (C=O) groups excluding carboxylic acids is 2. The number of para-hydroxylation sites is 1. The first-order valence-electron chi connectivity index (χ1n) is 6.68. The predicted molar refractivity (Wildman–Crippen MR) is 93.7 cm³/mol. The van der Waals surface area contributed by atoms with Crippen molar-refractivity contribution in [3.63, 3.8) is 0 Å². The molecule has 1 amide bonds. The molecule has 0 N–H and O–H groups in total. The highest BCUT2D eigenvalue weighted by Crippen LogP contribution is 2.23. The van der Waals surface area contributed by atoms with Gasteiger partial charge < -0.3 is 9.30 Å². The Bertz CT molecular complexity index is 1010. The van der Waals surface area contributed by atoms with Crippen molar-refractivity contribution in [3.8, 4) is 0 Å². The molecule has 9 heteroatoms. The van der Waals surface area contributed by atoms with Gasteiger partial charge >= 0.3 is 5.97 Å². The highest BCUT2D eigenvalue weighted by atomic mass is 79.9. The maximum atomic E-state index is 14.2. The summed E-state index contributed by atoms with van der Waals surface area (Å²) in [5.41, 5.74) is 0.229. The number of fused-ring (bicyclic) bond motifs is 1. The molecule has 0 atom stereocenters. The van der Waals surface area contributed by atoms with Crippen LogP contribution in [0.2, 0.25) is 0 Å². The summed E-state index contributed by atoms with van der Waals surface area (Å²) in [4.78, 5) is 28.7. The second-order valence-corrected chi connectivity index (χ2v) is 8.13. The van der Waals surface area contributed by atoms with Crippen LogP contribution in [-0.4, -0.2) is 23.6 Å². The molecular formula is C15H10BrFN2O3S2. The van der Waals surface area contributed by atoms with Crippen molar-refractivity contribution in [2.75, 3.05) is 7.11 Å². The van der Waals surface area contributed by atoms with Gasteiger partial charge in [0.2, 0.25) is 0 Å². The van der Waals surface area contributed by atoms with Crippen LogP contribution in [0.5, 0.6) is 0 Å². The van der Waals surface area contributed by atoms with Crippen molar-refractivity contribution in [1.82, 2.24) is 4.57 Å². The van der Waals surface area contributed by atoms with Gasteiger partial charge in [-0.15, -0.1) is 11.3 Å². The molecule has 0 fully saturated rings. The van der Waals surface area contributed by atoms with Crippen LogP contribution in [0.15, 0.2) is 39.1 Å². The maximum absolute atomic E-state index is 14.2. The van der Waals surface area contributed by atoms with Crippen molar-refractivity contribution in [2.24, 2.45) is 4.99 Å². The standard InChI is InChI=1S/C15H10BrFN2O3S2/c1-22-12(20)7-19-13-8(17)3-2-4-9(13)24-15(19)18-14(21)10-5-6-11(16)23-10/h2-6H,7H2,1H3. The molecule has 0 radical (unpaired) electrons. The molecule has 0 aliphatic carbocycles. The number of amides is 1. The fourth-order valence-corrected chi connectivity index (χ4v) is 4.40. The lowest BCUT2D eigenvalue weighted by Crippen LogP contribution is -2.22. The number of benzene rings is 1. The molecule has 0 unspecified atom stereocenters. The molecule has 3 aromatic rings. The third-order valence-corrected chi connectivity index (χ3v) is 5.80. The number of hydrogen-bond donors (Lipinski definition) is 0. The first-order valence-corrected chi connectivity index (χ1v) is 9.11. The summed E-state index contributed by atoms with van der Waals surface area (Å²) >= 11 is 5.68. The van der Waals surface area contributed by atoms with Gasteiger partial charge in [0.1, 0.15) is 12.4 Å². The lowest BCUT2D eigenvalue weighted by atomic mass is 10.3. The van der Waals surface area contributed by atoms with E-state index in [4.69, 9.17) is 0 Å². The third kappa shape index (κ3) is 3.33. The van der Waals surface area contributed by atoms with Gasteiger partial charge in [-0.2, -0.15) is 4.99 Å². The molecule has 0 bridgehead atoms. The van der Waals surface area contributed by atoms with Crippen molar-refractivity contribution in [2.45, 2.75) is 6.54 Å². The number of ether oxygens (including phenoxy) is 1. The number of hydrogen-bond acceptors (Lipinski definition) is 5. The maximum Gasteiger partial charge on any atom is 0.325 e. The number of thiazole rings is 1. The monoisotopic (exact) mass is 428 g/mol. The highest BCUT2D eigenvalue weighted by molar-refractivity contribution is 9.11. The number of nitrogens with zero attached hydrogens (tertiary/aromatic N) is 2. The van der Waals surface area contributed by atoms with E-state index in [1.54, 1.807) is 24.3 Å². The lowest BCUT2D eigenvalue weighted by Gasteiger charge is -2.04. The lowest BCUT2D eigenvalue weighted by molar-refractivity contribution is -0.141. The molecule has 0 aliphatic rings. The van der Waals surface area contributed by atoms with Crippen molar-refractivity contribution < 1.29 is 18.7 Å². The van der Waals surface area contributed by atoms with E-state index in [9.17, 15) is 14.0 Å². The van der Waals surface area contributed by atoms with Gasteiger partial charge in [-0.05, 0) is 40.2 Å². The van der Waals surface area contributed by atoms with Gasteiger partial charge in [0, 0.05) is 0 Å². The fourth-order valence-electron chi connectivity index (χ4n) is 2.08. The molecule has 2 heterocycles. The van der Waals surface area contributed by atoms with E-state index in [1.165, 1.54) is 29.1 Å². The van der Waals surface area contributed by atoms with Crippen LogP contribution < -0.4 is 4.80 Å². The molecule has 124 valence electrons. The fraction of sp³-hybridized carbons (Fsp3) is 0.133. The Morgan fingerprint density at radius 1 is 1.29 bits per heavy atom. The molecule has 0 saturated heterocycles. The first kappa shape index (κ1) is 17.0. The van der Waals surface area contributed by atoms with Crippen LogP contribution in [0.25, 0.3) is 10.2 Å². The summed E-state index contributed by atoms with van der Waals surface area (Å²) in [5.74, 6) is -1.48. The average Bonchev–Trinajstić information content (AvgIpc) is 3.12. The minimum Gasteiger partial charge on any atom is -0.468 e. The predicted octanol–water partition coefficient (Wildman–Crippen LogP) is 3.58. The van der Waals surface area contributed by atoms with Crippen LogP contribution >= 0.6 is 38.6 Å². The van der Waals surface area contributed by atoms with Gasteiger partial charge in [-0.3, -0.25) is 9.59 Å². The Morgan fingerprint density at radius 3 is 2.75 bits per heavy atom. The SMILES string of the molecule is COC(=O)Cn1c(=NC(=O)c2ccc(Br)s2)sc2cccc(F)c21. The van der Waals surface area contributed by atoms with E-state index >= 15 is 0 Å². The van der Waals surface area contributed by atoms with Crippen molar-refractivity contribution >= 4 is 60.7 Å². The van der Waals surface area contributed by atoms with Gasteiger partial charge in [0.15, 0.2) is 4.80 Å². The summed E-state index contributed by atoms with van der Waals surface area (Å²) in [7, 11) is 1.25. The van der Waals surface area contributed by atoms with Gasteiger partial charge in [0.25, 0.3) is 5.91 Å². The third-order valence-electron chi connectivity index (χ3n) is 3.15. The Labute approximate surface area is 152 Å². The van der Waals surface area contributed by atoms with Crippen molar-refractivity contribution in [1.29, 1.82) is 0 Å². The Balaban J connectivity index is 2.17. The zero-order valence-corrected chi connectivity index (χ0v) is 15.5. The Hall–Kier alpha value is -1.84. The van der Waals surface area contributed by atoms with Gasteiger partial charge in [0.05, 0.1) is 26.0 Å². The summed E-state index contributed by atoms with van der Waals surface area (Å²) in [6.07, 6.45) is 0. The number of carbonyl (C=O) groups is 2. The van der Waals surface area contributed by atoms with Crippen LogP contribution in [0.3, 0.4) is 0 Å². The first-order chi connectivity index (χ1) is 11.5. The second kappa shape index (κ2) is 6.96. The number of rotatable bonds is 3.